The first-order valence-corrected chi connectivity index (χ1v) is 9.14. The molecule has 1 N–H and O–H groups in total. The van der Waals surface area contributed by atoms with E-state index in [1.54, 1.807) is 12.1 Å². The predicted molar refractivity (Wildman–Crippen MR) is 104 cm³/mol. The maximum Gasteiger partial charge on any atom is 0.263 e. The summed E-state index contributed by atoms with van der Waals surface area (Å²) >= 11 is 3.43. The van der Waals surface area contributed by atoms with Gasteiger partial charge < -0.3 is 9.47 Å². The Kier molecular flexibility index (Phi) is 5.02. The van der Waals surface area contributed by atoms with Crippen LogP contribution in [0.25, 0.3) is 11.4 Å². The fraction of sp³-hybridized carbons (Fsp3) is 0.167. The molecule has 1 aliphatic rings. The molecule has 3 aromatic rings. The molecule has 2 heterocycles. The zero-order valence-corrected chi connectivity index (χ0v) is 16.4. The van der Waals surface area contributed by atoms with Crippen molar-refractivity contribution in [2.75, 3.05) is 6.79 Å². The molecule has 1 aromatic heterocycles. The highest BCUT2D eigenvalue weighted by Gasteiger charge is 2.15. The lowest BCUT2D eigenvalue weighted by Gasteiger charge is -2.02. The van der Waals surface area contributed by atoms with Gasteiger partial charge in [0.1, 0.15) is 6.54 Å². The topological polar surface area (TPSA) is 104 Å². The molecular formula is C18H15BrN6O3. The summed E-state index contributed by atoms with van der Waals surface area (Å²) in [6.07, 6.45) is 1.51. The van der Waals surface area contributed by atoms with Crippen LogP contribution in [0.3, 0.4) is 0 Å². The van der Waals surface area contributed by atoms with Crippen LogP contribution in [-0.4, -0.2) is 39.1 Å². The van der Waals surface area contributed by atoms with Gasteiger partial charge in [-0.05, 0) is 45.8 Å². The van der Waals surface area contributed by atoms with E-state index < -0.39 is 0 Å². The van der Waals surface area contributed by atoms with Crippen LogP contribution in [0.5, 0.6) is 11.5 Å². The van der Waals surface area contributed by atoms with Crippen LogP contribution in [-0.2, 0) is 11.3 Å². The second-order valence-corrected chi connectivity index (χ2v) is 6.83. The predicted octanol–water partition coefficient (Wildman–Crippen LogP) is 2.29. The number of fused-ring (bicyclic) bond motifs is 1. The second kappa shape index (κ2) is 7.77. The van der Waals surface area contributed by atoms with Gasteiger partial charge in [0.05, 0.1) is 6.21 Å². The number of nitrogens with zero attached hydrogens (tertiary/aromatic N) is 5. The van der Waals surface area contributed by atoms with Crippen molar-refractivity contribution in [2.24, 2.45) is 5.10 Å². The molecule has 4 rings (SSSR count). The minimum Gasteiger partial charge on any atom is -0.454 e. The molecule has 0 saturated heterocycles. The van der Waals surface area contributed by atoms with Gasteiger partial charge in [0.25, 0.3) is 5.91 Å². The summed E-state index contributed by atoms with van der Waals surface area (Å²) < 4.78 is 11.4. The molecule has 0 saturated carbocycles. The van der Waals surface area contributed by atoms with E-state index in [2.05, 4.69) is 41.9 Å². The summed E-state index contributed by atoms with van der Waals surface area (Å²) in [6, 6.07) is 11.3. The van der Waals surface area contributed by atoms with E-state index in [1.165, 1.54) is 11.0 Å². The molecule has 10 heteroatoms. The third-order valence-electron chi connectivity index (χ3n) is 4.01. The maximum atomic E-state index is 12.1. The number of aryl methyl sites for hydroxylation is 1. The molecule has 0 aliphatic carbocycles. The van der Waals surface area contributed by atoms with Crippen LogP contribution >= 0.6 is 15.9 Å². The van der Waals surface area contributed by atoms with Crippen molar-refractivity contribution in [1.82, 2.24) is 25.6 Å². The normalized spacial score (nSPS) is 12.5. The highest BCUT2D eigenvalue weighted by atomic mass is 79.9. The van der Waals surface area contributed by atoms with E-state index in [9.17, 15) is 4.79 Å². The highest BCUT2D eigenvalue weighted by molar-refractivity contribution is 9.10. The molecule has 0 atom stereocenters. The van der Waals surface area contributed by atoms with Crippen LogP contribution in [0.1, 0.15) is 11.1 Å². The van der Waals surface area contributed by atoms with Crippen molar-refractivity contribution in [1.29, 1.82) is 0 Å². The van der Waals surface area contributed by atoms with E-state index in [0.717, 1.165) is 21.2 Å². The summed E-state index contributed by atoms with van der Waals surface area (Å²) in [6.45, 7) is 2.05. The Morgan fingerprint density at radius 2 is 2.11 bits per heavy atom. The summed E-state index contributed by atoms with van der Waals surface area (Å²) in [7, 11) is 0. The molecule has 142 valence electrons. The number of rotatable bonds is 5. The zero-order chi connectivity index (χ0) is 19.5. The first-order valence-electron chi connectivity index (χ1n) is 8.35. The van der Waals surface area contributed by atoms with Gasteiger partial charge in [-0.15, -0.1) is 10.2 Å². The Morgan fingerprint density at radius 1 is 1.32 bits per heavy atom. The number of hydrogen-bond acceptors (Lipinski definition) is 7. The van der Waals surface area contributed by atoms with Crippen LogP contribution in [0.4, 0.5) is 0 Å². The van der Waals surface area contributed by atoms with E-state index in [1.807, 2.05) is 31.2 Å². The SMILES string of the molecule is Cc1ccccc1-c1nnn(CC(=O)N/N=C/c2cc3c(cc2Br)OCO3)n1. The standard InChI is InChI=1S/C18H15BrN6O3/c1-11-4-2-3-5-13(11)18-22-24-25(23-18)9-17(26)21-20-8-12-6-15-16(7-14(12)19)28-10-27-15/h2-8H,9-10H2,1H3,(H,21,26)/b20-8+. The fourth-order valence-corrected chi connectivity index (χ4v) is 3.04. The number of nitrogens with one attached hydrogen (secondary N) is 1. The number of carbonyl (C=O) groups excluding carboxylic acids is 1. The first-order chi connectivity index (χ1) is 13.6. The van der Waals surface area contributed by atoms with Crippen molar-refractivity contribution in [3.05, 3.63) is 52.0 Å². The third-order valence-corrected chi connectivity index (χ3v) is 4.70. The van der Waals surface area contributed by atoms with Crippen LogP contribution in [0.2, 0.25) is 0 Å². The number of aromatic nitrogens is 4. The summed E-state index contributed by atoms with van der Waals surface area (Å²) in [5.41, 5.74) is 5.09. The van der Waals surface area contributed by atoms with E-state index in [0.29, 0.717) is 17.3 Å². The highest BCUT2D eigenvalue weighted by Crippen LogP contribution is 2.36. The number of hydrazone groups is 1. The van der Waals surface area contributed by atoms with Crippen molar-refractivity contribution < 1.29 is 14.3 Å². The van der Waals surface area contributed by atoms with Crippen LogP contribution in [0, 0.1) is 6.92 Å². The lowest BCUT2D eigenvalue weighted by Crippen LogP contribution is -2.24. The lowest BCUT2D eigenvalue weighted by atomic mass is 10.1. The molecule has 0 bridgehead atoms. The summed E-state index contributed by atoms with van der Waals surface area (Å²) in [5.74, 6) is 1.39. The van der Waals surface area contributed by atoms with Gasteiger partial charge in [-0.25, -0.2) is 5.43 Å². The number of amides is 1. The van der Waals surface area contributed by atoms with Gasteiger partial charge in [0.2, 0.25) is 12.6 Å². The Balaban J connectivity index is 1.38. The summed E-state index contributed by atoms with van der Waals surface area (Å²) in [5, 5.41) is 16.1. The Morgan fingerprint density at radius 3 is 2.93 bits per heavy atom. The first kappa shape index (κ1) is 18.1. The molecule has 1 aliphatic heterocycles. The Labute approximate surface area is 168 Å². The van der Waals surface area contributed by atoms with Crippen LogP contribution < -0.4 is 14.9 Å². The molecule has 0 unspecified atom stereocenters. The maximum absolute atomic E-state index is 12.1. The van der Waals surface area contributed by atoms with Crippen molar-refractivity contribution in [3.8, 4) is 22.9 Å². The van der Waals surface area contributed by atoms with Gasteiger partial charge in [-0.2, -0.15) is 9.90 Å². The van der Waals surface area contributed by atoms with E-state index in [4.69, 9.17) is 9.47 Å². The third kappa shape index (κ3) is 3.86. The zero-order valence-electron chi connectivity index (χ0n) is 14.8. The van der Waals surface area contributed by atoms with Crippen LogP contribution in [0.15, 0.2) is 46.0 Å². The van der Waals surface area contributed by atoms with Gasteiger partial charge in [-0.3, -0.25) is 4.79 Å². The minimum atomic E-state index is -0.373. The average Bonchev–Trinajstić information content (AvgIpc) is 3.31. The van der Waals surface area contributed by atoms with E-state index >= 15 is 0 Å². The fourth-order valence-electron chi connectivity index (χ4n) is 2.61. The van der Waals surface area contributed by atoms with Gasteiger partial charge in [-0.1, -0.05) is 24.3 Å². The molecule has 0 fully saturated rings. The number of halogens is 1. The lowest BCUT2D eigenvalue weighted by molar-refractivity contribution is -0.122. The average molecular weight is 443 g/mol. The smallest absolute Gasteiger partial charge is 0.263 e. The number of tetrazole rings is 1. The Hall–Kier alpha value is -3.27. The molecular weight excluding hydrogens is 428 g/mol. The number of hydrogen-bond donors (Lipinski definition) is 1. The summed E-state index contributed by atoms with van der Waals surface area (Å²) in [4.78, 5) is 13.3. The number of benzene rings is 2. The quantitative estimate of drug-likeness (QED) is 0.480. The van der Waals surface area contributed by atoms with Crippen molar-refractivity contribution >= 4 is 28.1 Å². The molecule has 2 aromatic carbocycles. The molecule has 0 spiro atoms. The molecule has 28 heavy (non-hydrogen) atoms. The molecule has 9 nitrogen and oxygen atoms in total. The number of carbonyl (C=O) groups is 1. The van der Waals surface area contributed by atoms with Crippen molar-refractivity contribution in [2.45, 2.75) is 13.5 Å². The Bertz CT molecular complexity index is 1070. The van der Waals surface area contributed by atoms with Gasteiger partial charge in [0, 0.05) is 15.6 Å². The number of ether oxygens (including phenoxy) is 2. The van der Waals surface area contributed by atoms with E-state index in [-0.39, 0.29) is 19.2 Å². The van der Waals surface area contributed by atoms with Crippen molar-refractivity contribution in [3.63, 3.8) is 0 Å². The minimum absolute atomic E-state index is 0.0987. The van der Waals surface area contributed by atoms with Gasteiger partial charge >= 0.3 is 0 Å². The second-order valence-electron chi connectivity index (χ2n) is 5.98. The monoisotopic (exact) mass is 442 g/mol. The van der Waals surface area contributed by atoms with Gasteiger partial charge in [0.15, 0.2) is 11.5 Å². The molecule has 1 amide bonds. The molecule has 0 radical (unpaired) electrons. The largest absolute Gasteiger partial charge is 0.454 e.